The standard InChI is InChI=1S/C22H25N5O2/c1-2-15-27(22-24-14-12-18(26-22)8-11-21(28)29)19-9-6-17(7-10-19)16-25-20-5-3-4-13-23-20/h3-7,9-10,12-14H,2,8,11,15-16H2,1H3,(H,23,25)(H,28,29). The summed E-state index contributed by atoms with van der Waals surface area (Å²) in [5.74, 6) is 0.607. The number of hydrogen-bond acceptors (Lipinski definition) is 6. The van der Waals surface area contributed by atoms with Gasteiger partial charge in [-0.15, -0.1) is 0 Å². The lowest BCUT2D eigenvalue weighted by atomic mass is 10.2. The first-order valence-electron chi connectivity index (χ1n) is 9.71. The van der Waals surface area contributed by atoms with Crippen LogP contribution in [0, 0.1) is 0 Å². The summed E-state index contributed by atoms with van der Waals surface area (Å²) in [5.41, 5.74) is 2.88. The zero-order chi connectivity index (χ0) is 20.5. The second-order valence-electron chi connectivity index (χ2n) is 6.63. The van der Waals surface area contributed by atoms with Crippen LogP contribution in [0.3, 0.4) is 0 Å². The van der Waals surface area contributed by atoms with Gasteiger partial charge in [0.2, 0.25) is 5.95 Å². The van der Waals surface area contributed by atoms with Gasteiger partial charge in [0.15, 0.2) is 0 Å². The minimum absolute atomic E-state index is 0.0577. The third-order valence-corrected chi connectivity index (χ3v) is 4.37. The van der Waals surface area contributed by atoms with Gasteiger partial charge < -0.3 is 15.3 Å². The number of nitrogens with one attached hydrogen (secondary N) is 1. The van der Waals surface area contributed by atoms with Crippen LogP contribution in [0.2, 0.25) is 0 Å². The van der Waals surface area contributed by atoms with Crippen molar-refractivity contribution in [3.8, 4) is 0 Å². The molecule has 0 fully saturated rings. The van der Waals surface area contributed by atoms with E-state index < -0.39 is 5.97 Å². The Morgan fingerprint density at radius 1 is 1.07 bits per heavy atom. The molecule has 0 bridgehead atoms. The molecular weight excluding hydrogens is 366 g/mol. The summed E-state index contributed by atoms with van der Waals surface area (Å²) in [4.78, 5) is 26.1. The number of hydrogen-bond donors (Lipinski definition) is 2. The van der Waals surface area contributed by atoms with Gasteiger partial charge >= 0.3 is 5.97 Å². The van der Waals surface area contributed by atoms with Gasteiger partial charge in [-0.1, -0.05) is 25.1 Å². The molecule has 150 valence electrons. The Labute approximate surface area is 170 Å². The highest BCUT2D eigenvalue weighted by atomic mass is 16.4. The zero-order valence-electron chi connectivity index (χ0n) is 16.5. The van der Waals surface area contributed by atoms with E-state index in [0.717, 1.165) is 35.7 Å². The van der Waals surface area contributed by atoms with Crippen LogP contribution >= 0.6 is 0 Å². The van der Waals surface area contributed by atoms with E-state index in [9.17, 15) is 4.79 Å². The van der Waals surface area contributed by atoms with Crippen molar-refractivity contribution in [1.82, 2.24) is 15.0 Å². The number of aryl methyl sites for hydroxylation is 1. The lowest BCUT2D eigenvalue weighted by Gasteiger charge is -2.23. The van der Waals surface area contributed by atoms with E-state index in [2.05, 4.69) is 56.4 Å². The Morgan fingerprint density at radius 3 is 2.59 bits per heavy atom. The Morgan fingerprint density at radius 2 is 1.90 bits per heavy atom. The van der Waals surface area contributed by atoms with Crippen molar-refractivity contribution < 1.29 is 9.90 Å². The summed E-state index contributed by atoms with van der Waals surface area (Å²) in [7, 11) is 0. The van der Waals surface area contributed by atoms with E-state index in [1.54, 1.807) is 18.5 Å². The summed E-state index contributed by atoms with van der Waals surface area (Å²) in [6, 6.07) is 15.8. The van der Waals surface area contributed by atoms with Crippen LogP contribution in [0.15, 0.2) is 60.9 Å². The van der Waals surface area contributed by atoms with Crippen LogP contribution in [0.25, 0.3) is 0 Å². The summed E-state index contributed by atoms with van der Waals surface area (Å²) < 4.78 is 0. The molecule has 2 N–H and O–H groups in total. The Kier molecular flexibility index (Phi) is 7.10. The van der Waals surface area contributed by atoms with Crippen LogP contribution < -0.4 is 10.2 Å². The predicted octanol–water partition coefficient (Wildman–Crippen LogP) is 4.05. The minimum atomic E-state index is -0.828. The molecule has 0 saturated heterocycles. The molecule has 2 heterocycles. The Hall–Kier alpha value is -3.48. The molecule has 7 nitrogen and oxygen atoms in total. The number of anilines is 3. The molecule has 2 aromatic heterocycles. The highest BCUT2D eigenvalue weighted by molar-refractivity contribution is 5.67. The normalized spacial score (nSPS) is 10.5. The Bertz CT molecular complexity index is 916. The van der Waals surface area contributed by atoms with Gasteiger partial charge in [0, 0.05) is 43.3 Å². The van der Waals surface area contributed by atoms with Gasteiger partial charge in [-0.25, -0.2) is 15.0 Å². The molecule has 0 spiro atoms. The summed E-state index contributed by atoms with van der Waals surface area (Å²) >= 11 is 0. The molecule has 0 aliphatic heterocycles. The number of carboxylic acid groups (broad SMARTS) is 1. The third-order valence-electron chi connectivity index (χ3n) is 4.37. The number of nitrogens with zero attached hydrogens (tertiary/aromatic N) is 4. The van der Waals surface area contributed by atoms with Gasteiger partial charge in [-0.05, 0) is 42.3 Å². The van der Waals surface area contributed by atoms with Crippen LogP contribution in [0.4, 0.5) is 17.5 Å². The van der Waals surface area contributed by atoms with E-state index in [0.29, 0.717) is 18.9 Å². The van der Waals surface area contributed by atoms with E-state index >= 15 is 0 Å². The number of carbonyl (C=O) groups is 1. The topological polar surface area (TPSA) is 91.2 Å². The van der Waals surface area contributed by atoms with Gasteiger partial charge in [0.1, 0.15) is 5.82 Å². The molecule has 1 aromatic carbocycles. The second-order valence-corrected chi connectivity index (χ2v) is 6.63. The zero-order valence-corrected chi connectivity index (χ0v) is 16.5. The largest absolute Gasteiger partial charge is 0.481 e. The average Bonchev–Trinajstić information content (AvgIpc) is 2.76. The molecule has 29 heavy (non-hydrogen) atoms. The van der Waals surface area contributed by atoms with Crippen molar-refractivity contribution in [2.45, 2.75) is 32.7 Å². The lowest BCUT2D eigenvalue weighted by molar-refractivity contribution is -0.136. The molecule has 3 aromatic rings. The molecule has 0 aliphatic carbocycles. The number of aliphatic carboxylic acids is 1. The van der Waals surface area contributed by atoms with E-state index in [1.807, 2.05) is 18.2 Å². The van der Waals surface area contributed by atoms with Crippen molar-refractivity contribution in [2.24, 2.45) is 0 Å². The van der Waals surface area contributed by atoms with Gasteiger partial charge in [0.05, 0.1) is 6.42 Å². The van der Waals surface area contributed by atoms with Crippen LogP contribution in [-0.2, 0) is 17.8 Å². The van der Waals surface area contributed by atoms with Gasteiger partial charge in [-0.2, -0.15) is 0 Å². The van der Waals surface area contributed by atoms with Gasteiger partial charge in [0.25, 0.3) is 0 Å². The summed E-state index contributed by atoms with van der Waals surface area (Å²) in [6.07, 6.45) is 4.84. The molecule has 3 rings (SSSR count). The summed E-state index contributed by atoms with van der Waals surface area (Å²) in [5, 5.41) is 12.2. The third kappa shape index (κ3) is 6.00. The van der Waals surface area contributed by atoms with Crippen LogP contribution in [0.1, 0.15) is 31.0 Å². The number of pyridine rings is 1. The molecule has 0 aliphatic rings. The lowest BCUT2D eigenvalue weighted by Crippen LogP contribution is -2.21. The fraction of sp³-hybridized carbons (Fsp3) is 0.273. The van der Waals surface area contributed by atoms with Crippen molar-refractivity contribution in [2.75, 3.05) is 16.8 Å². The van der Waals surface area contributed by atoms with Crippen molar-refractivity contribution in [3.05, 3.63) is 72.2 Å². The molecular formula is C22H25N5O2. The van der Waals surface area contributed by atoms with E-state index in [4.69, 9.17) is 5.11 Å². The Balaban J connectivity index is 1.71. The van der Waals surface area contributed by atoms with E-state index in [-0.39, 0.29) is 6.42 Å². The number of benzene rings is 1. The second kappa shape index (κ2) is 10.2. The molecule has 0 radical (unpaired) electrons. The van der Waals surface area contributed by atoms with Crippen molar-refractivity contribution in [1.29, 1.82) is 0 Å². The predicted molar refractivity (Wildman–Crippen MR) is 113 cm³/mol. The fourth-order valence-electron chi connectivity index (χ4n) is 2.91. The first kappa shape index (κ1) is 20.3. The molecule has 0 saturated carbocycles. The smallest absolute Gasteiger partial charge is 0.303 e. The number of carboxylic acids is 1. The van der Waals surface area contributed by atoms with E-state index in [1.165, 1.54) is 0 Å². The fourth-order valence-corrected chi connectivity index (χ4v) is 2.91. The molecule has 0 atom stereocenters. The van der Waals surface area contributed by atoms with Crippen LogP contribution in [0.5, 0.6) is 0 Å². The van der Waals surface area contributed by atoms with Crippen LogP contribution in [-0.4, -0.2) is 32.6 Å². The van der Waals surface area contributed by atoms with Crippen molar-refractivity contribution >= 4 is 23.4 Å². The maximum atomic E-state index is 10.8. The number of aromatic nitrogens is 3. The molecule has 0 amide bonds. The first-order valence-corrected chi connectivity index (χ1v) is 9.71. The highest BCUT2D eigenvalue weighted by Gasteiger charge is 2.12. The first-order chi connectivity index (χ1) is 14.2. The molecule has 0 unspecified atom stereocenters. The van der Waals surface area contributed by atoms with Gasteiger partial charge in [-0.3, -0.25) is 4.79 Å². The quantitative estimate of drug-likeness (QED) is 0.539. The highest BCUT2D eigenvalue weighted by Crippen LogP contribution is 2.23. The molecule has 7 heteroatoms. The van der Waals surface area contributed by atoms with Crippen molar-refractivity contribution in [3.63, 3.8) is 0 Å². The summed E-state index contributed by atoms with van der Waals surface area (Å²) in [6.45, 7) is 3.56. The average molecular weight is 391 g/mol. The minimum Gasteiger partial charge on any atom is -0.481 e. The number of rotatable bonds is 10. The monoisotopic (exact) mass is 391 g/mol. The SMILES string of the molecule is CCCN(c1ccc(CNc2ccccn2)cc1)c1nccc(CCC(=O)O)n1. The maximum Gasteiger partial charge on any atom is 0.303 e. The maximum absolute atomic E-state index is 10.8.